The summed E-state index contributed by atoms with van der Waals surface area (Å²) in [4.78, 5) is 21.8. The highest BCUT2D eigenvalue weighted by Crippen LogP contribution is 2.37. The van der Waals surface area contributed by atoms with Gasteiger partial charge in [-0.2, -0.15) is 5.10 Å². The van der Waals surface area contributed by atoms with E-state index >= 15 is 0 Å². The van der Waals surface area contributed by atoms with E-state index in [1.165, 1.54) is 0 Å². The second-order valence-electron chi connectivity index (χ2n) is 8.41. The minimum Gasteiger partial charge on any atom is -0.353 e. The van der Waals surface area contributed by atoms with Crippen LogP contribution >= 0.6 is 0 Å². The number of rotatable bonds is 3. The highest BCUT2D eigenvalue weighted by molar-refractivity contribution is 6.05. The van der Waals surface area contributed by atoms with E-state index in [9.17, 15) is 0 Å². The molecule has 160 valence electrons. The smallest absolute Gasteiger partial charge is 0.139 e. The average Bonchev–Trinajstić information content (AvgIpc) is 3.45. The van der Waals surface area contributed by atoms with E-state index in [0.29, 0.717) is 0 Å². The van der Waals surface area contributed by atoms with Crippen LogP contribution < -0.4 is 4.90 Å². The van der Waals surface area contributed by atoms with Crippen molar-refractivity contribution in [3.8, 4) is 22.3 Å². The number of hydrogen-bond donors (Lipinski definition) is 1. The summed E-state index contributed by atoms with van der Waals surface area (Å²) in [6.45, 7) is 4.01. The molecule has 1 aliphatic heterocycles. The minimum absolute atomic E-state index is 0.866. The van der Waals surface area contributed by atoms with E-state index in [2.05, 4.69) is 66.1 Å². The molecule has 1 aromatic carbocycles. The summed E-state index contributed by atoms with van der Waals surface area (Å²) >= 11 is 0. The van der Waals surface area contributed by atoms with Gasteiger partial charge in [0.05, 0.1) is 11.7 Å². The molecular weight excluding hydrogens is 400 g/mol. The summed E-state index contributed by atoms with van der Waals surface area (Å²) in [5.41, 5.74) is 6.24. The normalized spacial score (nSPS) is 15.1. The Labute approximate surface area is 185 Å². The standard InChI is InChI=1S/C24H24N8/c1-30-7-9-32(10-8-30)24-19-11-16(3-4-21(19)27-15-28-24)20-13-26-23-22(20)18(5-6-25-23)17-12-29-31(2)14-17/h3-6,11-15H,7-10H2,1-2H3,(H,25,26). The number of fused-ring (bicyclic) bond motifs is 2. The number of aromatic amines is 1. The van der Waals surface area contributed by atoms with Gasteiger partial charge >= 0.3 is 0 Å². The zero-order valence-corrected chi connectivity index (χ0v) is 18.2. The van der Waals surface area contributed by atoms with Gasteiger partial charge in [0, 0.05) is 73.7 Å². The molecule has 0 radical (unpaired) electrons. The lowest BCUT2D eigenvalue weighted by atomic mass is 9.98. The van der Waals surface area contributed by atoms with E-state index in [0.717, 1.165) is 76.2 Å². The van der Waals surface area contributed by atoms with Crippen molar-refractivity contribution in [2.75, 3.05) is 38.1 Å². The number of pyridine rings is 1. The van der Waals surface area contributed by atoms with Crippen LogP contribution in [0.1, 0.15) is 0 Å². The van der Waals surface area contributed by atoms with Crippen molar-refractivity contribution in [2.24, 2.45) is 7.05 Å². The van der Waals surface area contributed by atoms with Gasteiger partial charge in [-0.05, 0) is 36.4 Å². The summed E-state index contributed by atoms with van der Waals surface area (Å²) < 4.78 is 1.82. The van der Waals surface area contributed by atoms with Crippen LogP contribution in [0.2, 0.25) is 0 Å². The molecule has 8 heteroatoms. The average molecular weight is 425 g/mol. The van der Waals surface area contributed by atoms with Crippen molar-refractivity contribution >= 4 is 27.8 Å². The lowest BCUT2D eigenvalue weighted by Crippen LogP contribution is -2.44. The van der Waals surface area contributed by atoms with Gasteiger partial charge in [-0.25, -0.2) is 15.0 Å². The first-order valence-corrected chi connectivity index (χ1v) is 10.8. The van der Waals surface area contributed by atoms with Gasteiger partial charge in [0.1, 0.15) is 17.8 Å². The van der Waals surface area contributed by atoms with Crippen molar-refractivity contribution in [3.05, 3.63) is 55.4 Å². The Balaban J connectivity index is 1.51. The van der Waals surface area contributed by atoms with Crippen LogP contribution in [0.15, 0.2) is 55.4 Å². The number of nitrogens with zero attached hydrogens (tertiary/aromatic N) is 7. The Morgan fingerprint density at radius 3 is 2.59 bits per heavy atom. The minimum atomic E-state index is 0.866. The van der Waals surface area contributed by atoms with E-state index in [-0.39, 0.29) is 0 Å². The summed E-state index contributed by atoms with van der Waals surface area (Å²) in [5, 5.41) is 6.53. The fraction of sp³-hybridized carbons (Fsp3) is 0.250. The third-order valence-electron chi connectivity index (χ3n) is 6.32. The number of likely N-dealkylation sites (N-methyl/N-ethyl adjacent to an activating group) is 1. The predicted molar refractivity (Wildman–Crippen MR) is 127 cm³/mol. The van der Waals surface area contributed by atoms with Crippen molar-refractivity contribution in [3.63, 3.8) is 0 Å². The molecule has 1 fully saturated rings. The first-order chi connectivity index (χ1) is 15.7. The monoisotopic (exact) mass is 424 g/mol. The fourth-order valence-corrected chi connectivity index (χ4v) is 4.57. The zero-order valence-electron chi connectivity index (χ0n) is 18.2. The van der Waals surface area contributed by atoms with Gasteiger partial charge in [-0.1, -0.05) is 6.07 Å². The number of hydrogen-bond acceptors (Lipinski definition) is 6. The quantitative estimate of drug-likeness (QED) is 0.479. The van der Waals surface area contributed by atoms with E-state index < -0.39 is 0 Å². The Bertz CT molecular complexity index is 1420. The Hall–Kier alpha value is -3.78. The molecule has 0 spiro atoms. The molecule has 1 saturated heterocycles. The van der Waals surface area contributed by atoms with Crippen molar-refractivity contribution in [1.29, 1.82) is 0 Å². The molecule has 0 aliphatic carbocycles. The van der Waals surface area contributed by atoms with Crippen LogP contribution in [0.5, 0.6) is 0 Å². The summed E-state index contributed by atoms with van der Waals surface area (Å²) in [5.74, 6) is 1.01. The highest BCUT2D eigenvalue weighted by atomic mass is 15.3. The maximum atomic E-state index is 4.67. The lowest BCUT2D eigenvalue weighted by Gasteiger charge is -2.33. The second-order valence-corrected chi connectivity index (χ2v) is 8.41. The molecule has 6 rings (SSSR count). The molecule has 4 aromatic heterocycles. The topological polar surface area (TPSA) is 78.8 Å². The van der Waals surface area contributed by atoms with Gasteiger partial charge in [-0.15, -0.1) is 0 Å². The van der Waals surface area contributed by atoms with E-state index in [1.807, 2.05) is 36.5 Å². The zero-order chi connectivity index (χ0) is 21.7. The maximum absolute atomic E-state index is 4.67. The molecule has 0 unspecified atom stereocenters. The lowest BCUT2D eigenvalue weighted by molar-refractivity contribution is 0.312. The van der Waals surface area contributed by atoms with Gasteiger partial charge < -0.3 is 14.8 Å². The molecule has 5 heterocycles. The van der Waals surface area contributed by atoms with Crippen LogP contribution in [0.4, 0.5) is 5.82 Å². The van der Waals surface area contributed by atoms with E-state index in [1.54, 1.807) is 6.33 Å². The number of H-pyrrole nitrogens is 1. The number of piperazine rings is 1. The maximum Gasteiger partial charge on any atom is 0.139 e. The van der Waals surface area contributed by atoms with Crippen LogP contribution in [-0.2, 0) is 7.05 Å². The molecule has 1 N–H and O–H groups in total. The summed E-state index contributed by atoms with van der Waals surface area (Å²) in [7, 11) is 4.10. The summed E-state index contributed by atoms with van der Waals surface area (Å²) in [6.07, 6.45) is 9.48. The molecular formula is C24H24N8. The van der Waals surface area contributed by atoms with Gasteiger partial charge in [0.2, 0.25) is 0 Å². The third kappa shape index (κ3) is 3.11. The number of nitrogens with one attached hydrogen (secondary N) is 1. The molecule has 0 atom stereocenters. The Morgan fingerprint density at radius 2 is 1.78 bits per heavy atom. The molecule has 0 amide bonds. The van der Waals surface area contributed by atoms with Crippen LogP contribution in [0.3, 0.4) is 0 Å². The van der Waals surface area contributed by atoms with Crippen LogP contribution in [0.25, 0.3) is 44.2 Å². The largest absolute Gasteiger partial charge is 0.353 e. The SMILES string of the molecule is CN1CCN(c2ncnc3ccc(-c4c[nH]c5nccc(-c6cnn(C)c6)c45)cc23)CC1. The number of aromatic nitrogens is 6. The molecule has 0 saturated carbocycles. The van der Waals surface area contributed by atoms with Gasteiger partial charge in [0.25, 0.3) is 0 Å². The van der Waals surface area contributed by atoms with Crippen molar-refractivity contribution in [1.82, 2.24) is 34.6 Å². The molecule has 32 heavy (non-hydrogen) atoms. The van der Waals surface area contributed by atoms with Crippen LogP contribution in [-0.4, -0.2) is 67.8 Å². The second kappa shape index (κ2) is 7.42. The molecule has 8 nitrogen and oxygen atoms in total. The van der Waals surface area contributed by atoms with Crippen molar-refractivity contribution in [2.45, 2.75) is 0 Å². The summed E-state index contributed by atoms with van der Waals surface area (Å²) in [6, 6.07) is 8.48. The first-order valence-electron chi connectivity index (χ1n) is 10.8. The third-order valence-corrected chi connectivity index (χ3v) is 6.32. The number of aryl methyl sites for hydroxylation is 1. The predicted octanol–water partition coefficient (Wildman–Crippen LogP) is 3.33. The van der Waals surface area contributed by atoms with E-state index in [4.69, 9.17) is 0 Å². The molecule has 5 aromatic rings. The van der Waals surface area contributed by atoms with Crippen LogP contribution in [0, 0.1) is 0 Å². The van der Waals surface area contributed by atoms with Crippen molar-refractivity contribution < 1.29 is 0 Å². The molecule has 0 bridgehead atoms. The van der Waals surface area contributed by atoms with Gasteiger partial charge in [0.15, 0.2) is 0 Å². The van der Waals surface area contributed by atoms with Gasteiger partial charge in [-0.3, -0.25) is 4.68 Å². The first kappa shape index (κ1) is 18.9. The molecule has 1 aliphatic rings. The fourth-order valence-electron chi connectivity index (χ4n) is 4.57. The number of benzene rings is 1. The number of anilines is 1. The Morgan fingerprint density at radius 1 is 0.906 bits per heavy atom. The Kier molecular flexibility index (Phi) is 4.39. The highest BCUT2D eigenvalue weighted by Gasteiger charge is 2.19.